The molecule has 1 rings (SSSR count). The third-order valence-corrected chi connectivity index (χ3v) is 6.78. The van der Waals surface area contributed by atoms with Crippen molar-refractivity contribution in [2.75, 3.05) is 13.6 Å². The molecule has 1 saturated heterocycles. The topological polar surface area (TPSA) is 69.7 Å². The van der Waals surface area contributed by atoms with Crippen molar-refractivity contribution in [3.8, 4) is 0 Å². The molecule has 1 N–H and O–H groups in total. The van der Waals surface area contributed by atoms with E-state index in [2.05, 4.69) is 37.9 Å². The SMILES string of the molecule is CCC(C)N1CCCCC1C(=O)NC(CC(C)C)C(=O)N(C)C(/C=C(\C)C(C)=O)C(C)C. The second-order valence-electron chi connectivity index (χ2n) is 10.3. The number of hydrogen-bond donors (Lipinski definition) is 1. The highest BCUT2D eigenvalue weighted by Crippen LogP contribution is 2.22. The predicted octanol–water partition coefficient (Wildman–Crippen LogP) is 4.19. The molecule has 0 bridgehead atoms. The van der Waals surface area contributed by atoms with Gasteiger partial charge in [-0.3, -0.25) is 19.3 Å². The standard InChI is InChI=1S/C26H47N3O3/c1-10-20(7)29-14-12-11-13-23(29)25(31)27-22(15-17(2)3)26(32)28(9)24(18(4)5)16-19(6)21(8)30/h16-18,20,22-24H,10-15H2,1-9H3,(H,27,31)/b19-16+. The molecule has 0 aromatic rings. The highest BCUT2D eigenvalue weighted by atomic mass is 16.2. The summed E-state index contributed by atoms with van der Waals surface area (Å²) >= 11 is 0. The Kier molecular flexibility index (Phi) is 11.6. The number of rotatable bonds is 11. The Labute approximate surface area is 196 Å². The predicted molar refractivity (Wildman–Crippen MR) is 131 cm³/mol. The second-order valence-corrected chi connectivity index (χ2v) is 10.3. The van der Waals surface area contributed by atoms with Gasteiger partial charge in [-0.2, -0.15) is 0 Å². The molecular formula is C26H47N3O3. The lowest BCUT2D eigenvalue weighted by atomic mass is 9.95. The van der Waals surface area contributed by atoms with E-state index in [0.29, 0.717) is 18.0 Å². The number of allylic oxidation sites excluding steroid dienone is 1. The summed E-state index contributed by atoms with van der Waals surface area (Å²) in [4.78, 5) is 42.7. The summed E-state index contributed by atoms with van der Waals surface area (Å²) in [6, 6.07) is -0.602. The summed E-state index contributed by atoms with van der Waals surface area (Å²) in [6.45, 7) is 16.8. The van der Waals surface area contributed by atoms with Crippen LogP contribution in [0.2, 0.25) is 0 Å². The molecule has 0 aromatic carbocycles. The highest BCUT2D eigenvalue weighted by Gasteiger charge is 2.35. The molecule has 2 amide bonds. The van der Waals surface area contributed by atoms with Crippen molar-refractivity contribution in [1.29, 1.82) is 0 Å². The maximum Gasteiger partial charge on any atom is 0.245 e. The van der Waals surface area contributed by atoms with E-state index in [1.54, 1.807) is 25.8 Å². The number of hydrogen-bond acceptors (Lipinski definition) is 4. The molecule has 184 valence electrons. The van der Waals surface area contributed by atoms with Gasteiger partial charge in [0.25, 0.3) is 0 Å². The van der Waals surface area contributed by atoms with E-state index in [4.69, 9.17) is 0 Å². The third kappa shape index (κ3) is 8.02. The Bertz CT molecular complexity index is 671. The molecule has 0 radical (unpaired) electrons. The number of piperidine rings is 1. The zero-order valence-electron chi connectivity index (χ0n) is 21.9. The Balaban J connectivity index is 3.09. The second kappa shape index (κ2) is 13.1. The first-order valence-electron chi connectivity index (χ1n) is 12.4. The first-order valence-corrected chi connectivity index (χ1v) is 12.4. The number of carbonyl (C=O) groups excluding carboxylic acids is 3. The Morgan fingerprint density at radius 2 is 1.72 bits per heavy atom. The number of likely N-dealkylation sites (tertiary alicyclic amines) is 1. The Morgan fingerprint density at radius 3 is 2.22 bits per heavy atom. The smallest absolute Gasteiger partial charge is 0.245 e. The molecule has 0 aliphatic carbocycles. The van der Waals surface area contributed by atoms with Crippen molar-refractivity contribution in [3.05, 3.63) is 11.6 Å². The number of Topliss-reactive ketones (excluding diaryl/α,β-unsaturated/α-hetero) is 1. The monoisotopic (exact) mass is 449 g/mol. The third-order valence-electron chi connectivity index (χ3n) is 6.78. The van der Waals surface area contributed by atoms with Crippen LogP contribution in [0.15, 0.2) is 11.6 Å². The van der Waals surface area contributed by atoms with E-state index in [0.717, 1.165) is 32.2 Å². The average Bonchev–Trinajstić information content (AvgIpc) is 2.74. The normalized spacial score (nSPS) is 20.7. The van der Waals surface area contributed by atoms with Crippen LogP contribution in [0.25, 0.3) is 0 Å². The fraction of sp³-hybridized carbons (Fsp3) is 0.808. The number of amides is 2. The number of likely N-dealkylation sites (N-methyl/N-ethyl adjacent to an activating group) is 1. The van der Waals surface area contributed by atoms with Gasteiger partial charge >= 0.3 is 0 Å². The summed E-state index contributed by atoms with van der Waals surface area (Å²) in [6.07, 6.45) is 6.46. The van der Waals surface area contributed by atoms with Gasteiger partial charge in [0, 0.05) is 13.1 Å². The first kappa shape index (κ1) is 28.3. The molecule has 6 nitrogen and oxygen atoms in total. The van der Waals surface area contributed by atoms with E-state index in [1.807, 2.05) is 19.9 Å². The molecule has 0 aromatic heterocycles. The van der Waals surface area contributed by atoms with Gasteiger partial charge < -0.3 is 10.2 Å². The highest BCUT2D eigenvalue weighted by molar-refractivity contribution is 5.93. The lowest BCUT2D eigenvalue weighted by Crippen LogP contribution is -2.58. The van der Waals surface area contributed by atoms with E-state index in [9.17, 15) is 14.4 Å². The van der Waals surface area contributed by atoms with E-state index in [-0.39, 0.29) is 41.5 Å². The van der Waals surface area contributed by atoms with Crippen LogP contribution in [-0.4, -0.2) is 65.2 Å². The van der Waals surface area contributed by atoms with Crippen molar-refractivity contribution in [3.63, 3.8) is 0 Å². The molecule has 6 heteroatoms. The quantitative estimate of drug-likeness (QED) is 0.480. The van der Waals surface area contributed by atoms with Gasteiger partial charge in [-0.1, -0.05) is 47.1 Å². The number of ketones is 1. The summed E-state index contributed by atoms with van der Waals surface area (Å²) in [5.74, 6) is 0.290. The van der Waals surface area contributed by atoms with Crippen LogP contribution in [0.4, 0.5) is 0 Å². The molecule has 32 heavy (non-hydrogen) atoms. The Hall–Kier alpha value is -1.69. The van der Waals surface area contributed by atoms with Crippen molar-refractivity contribution in [2.24, 2.45) is 11.8 Å². The summed E-state index contributed by atoms with van der Waals surface area (Å²) in [5.41, 5.74) is 0.652. The molecule has 1 heterocycles. The minimum Gasteiger partial charge on any atom is -0.343 e. The van der Waals surface area contributed by atoms with E-state index >= 15 is 0 Å². The van der Waals surface area contributed by atoms with E-state index in [1.165, 1.54) is 0 Å². The molecule has 1 fully saturated rings. The summed E-state index contributed by atoms with van der Waals surface area (Å²) < 4.78 is 0. The minimum absolute atomic E-state index is 0.00552. The van der Waals surface area contributed by atoms with Crippen LogP contribution >= 0.6 is 0 Å². The number of nitrogens with zero attached hydrogens (tertiary/aromatic N) is 2. The van der Waals surface area contributed by atoms with Gasteiger partial charge in [-0.05, 0) is 70.4 Å². The van der Waals surface area contributed by atoms with Gasteiger partial charge in [0.2, 0.25) is 11.8 Å². The molecule has 4 atom stereocenters. The van der Waals surface area contributed by atoms with Crippen molar-refractivity contribution in [1.82, 2.24) is 15.1 Å². The maximum atomic E-state index is 13.5. The largest absolute Gasteiger partial charge is 0.343 e. The molecule has 0 spiro atoms. The molecule has 0 saturated carbocycles. The van der Waals surface area contributed by atoms with Crippen LogP contribution in [-0.2, 0) is 14.4 Å². The number of carbonyl (C=O) groups is 3. The van der Waals surface area contributed by atoms with Crippen LogP contribution in [0, 0.1) is 11.8 Å². The van der Waals surface area contributed by atoms with Gasteiger partial charge in [-0.15, -0.1) is 0 Å². The van der Waals surface area contributed by atoms with Crippen molar-refractivity contribution >= 4 is 17.6 Å². The lowest BCUT2D eigenvalue weighted by molar-refractivity contribution is -0.139. The molecule has 1 aliphatic heterocycles. The number of nitrogens with one attached hydrogen (secondary N) is 1. The zero-order valence-corrected chi connectivity index (χ0v) is 21.9. The van der Waals surface area contributed by atoms with Crippen LogP contribution in [0.3, 0.4) is 0 Å². The fourth-order valence-electron chi connectivity index (χ4n) is 4.48. The van der Waals surface area contributed by atoms with Crippen molar-refractivity contribution in [2.45, 2.75) is 112 Å². The Morgan fingerprint density at radius 1 is 1.09 bits per heavy atom. The summed E-state index contributed by atoms with van der Waals surface area (Å²) in [5, 5.41) is 3.12. The van der Waals surface area contributed by atoms with Crippen molar-refractivity contribution < 1.29 is 14.4 Å². The van der Waals surface area contributed by atoms with Crippen LogP contribution in [0.5, 0.6) is 0 Å². The lowest BCUT2D eigenvalue weighted by Gasteiger charge is -2.40. The van der Waals surface area contributed by atoms with Crippen LogP contribution in [0.1, 0.15) is 87.5 Å². The summed E-state index contributed by atoms with van der Waals surface area (Å²) in [7, 11) is 1.78. The molecule has 4 unspecified atom stereocenters. The zero-order chi connectivity index (χ0) is 24.6. The minimum atomic E-state index is -0.569. The van der Waals surface area contributed by atoms with E-state index < -0.39 is 6.04 Å². The van der Waals surface area contributed by atoms with Crippen LogP contribution < -0.4 is 5.32 Å². The molecular weight excluding hydrogens is 402 g/mol. The average molecular weight is 450 g/mol. The first-order chi connectivity index (χ1) is 14.9. The van der Waals surface area contributed by atoms with Gasteiger partial charge in [0.05, 0.1) is 12.1 Å². The fourth-order valence-corrected chi connectivity index (χ4v) is 4.48. The van der Waals surface area contributed by atoms with Gasteiger partial charge in [0.1, 0.15) is 6.04 Å². The molecule has 1 aliphatic rings. The van der Waals surface area contributed by atoms with Gasteiger partial charge in [-0.25, -0.2) is 0 Å². The van der Waals surface area contributed by atoms with Gasteiger partial charge in [0.15, 0.2) is 5.78 Å². The maximum absolute atomic E-state index is 13.5.